The second kappa shape index (κ2) is 5.31. The van der Waals surface area contributed by atoms with Crippen LogP contribution in [0.3, 0.4) is 0 Å². The summed E-state index contributed by atoms with van der Waals surface area (Å²) in [5.74, 6) is -2.22. The summed E-state index contributed by atoms with van der Waals surface area (Å²) in [6, 6.07) is 1.80. The first kappa shape index (κ1) is 14.6. The summed E-state index contributed by atoms with van der Waals surface area (Å²) in [5, 5.41) is 9.07. The first-order valence-electron chi connectivity index (χ1n) is 6.06. The van der Waals surface area contributed by atoms with Gasteiger partial charge in [-0.25, -0.2) is 23.5 Å². The van der Waals surface area contributed by atoms with Crippen molar-refractivity contribution in [1.82, 2.24) is 14.1 Å². The molecule has 2 heterocycles. The number of carboxylic acid groups (broad SMARTS) is 1. The Morgan fingerprint density at radius 1 is 1.33 bits per heavy atom. The van der Waals surface area contributed by atoms with Gasteiger partial charge in [0.05, 0.1) is 6.20 Å². The predicted molar refractivity (Wildman–Crippen MR) is 71.4 cm³/mol. The van der Waals surface area contributed by atoms with E-state index in [-0.39, 0.29) is 11.9 Å². The molecule has 0 aliphatic rings. The molecule has 2 rings (SSSR count). The number of aromatic carboxylic acids is 1. The summed E-state index contributed by atoms with van der Waals surface area (Å²) in [6.45, 7) is 3.33. The summed E-state index contributed by atoms with van der Waals surface area (Å²) in [6.07, 6.45) is 1.84. The third kappa shape index (κ3) is 2.60. The Hall–Kier alpha value is -2.77. The Bertz CT molecular complexity index is 806. The van der Waals surface area contributed by atoms with Gasteiger partial charge in [0.1, 0.15) is 17.2 Å². The van der Waals surface area contributed by atoms with Crippen molar-refractivity contribution in [2.45, 2.75) is 19.9 Å². The zero-order valence-corrected chi connectivity index (χ0v) is 11.3. The monoisotopic (exact) mass is 293 g/mol. The molecule has 0 atom stereocenters. The van der Waals surface area contributed by atoms with Crippen molar-refractivity contribution in [3.05, 3.63) is 56.7 Å². The van der Waals surface area contributed by atoms with Gasteiger partial charge in [0.15, 0.2) is 0 Å². The van der Waals surface area contributed by atoms with Crippen molar-refractivity contribution >= 4 is 5.97 Å². The topological polar surface area (TPSA) is 94.2 Å². The lowest BCUT2D eigenvalue weighted by Gasteiger charge is -2.13. The first-order chi connectivity index (χ1) is 9.82. The second-order valence-corrected chi connectivity index (χ2v) is 4.61. The van der Waals surface area contributed by atoms with Crippen LogP contribution in [0.25, 0.3) is 5.82 Å². The molecule has 2 aromatic heterocycles. The summed E-state index contributed by atoms with van der Waals surface area (Å²) in [7, 11) is 0. The Kier molecular flexibility index (Phi) is 3.70. The highest BCUT2D eigenvalue weighted by atomic mass is 19.1. The highest BCUT2D eigenvalue weighted by Crippen LogP contribution is 2.04. The Balaban J connectivity index is 2.87. The van der Waals surface area contributed by atoms with E-state index in [1.807, 2.05) is 0 Å². The van der Waals surface area contributed by atoms with E-state index in [0.29, 0.717) is 4.57 Å². The van der Waals surface area contributed by atoms with E-state index in [4.69, 9.17) is 5.11 Å². The molecule has 0 saturated carbocycles. The Morgan fingerprint density at radius 3 is 2.48 bits per heavy atom. The third-order valence-electron chi connectivity index (χ3n) is 2.84. The van der Waals surface area contributed by atoms with Gasteiger partial charge in [-0.2, -0.15) is 0 Å². The van der Waals surface area contributed by atoms with E-state index >= 15 is 0 Å². The van der Waals surface area contributed by atoms with Crippen LogP contribution in [-0.2, 0) is 0 Å². The molecule has 0 unspecified atom stereocenters. The summed E-state index contributed by atoms with van der Waals surface area (Å²) in [5.41, 5.74) is -2.31. The zero-order valence-electron chi connectivity index (χ0n) is 11.3. The Labute approximate surface area is 117 Å². The van der Waals surface area contributed by atoms with Gasteiger partial charge in [0.25, 0.3) is 5.56 Å². The molecule has 0 aliphatic heterocycles. The number of nitrogens with zero attached hydrogens (tertiary/aromatic N) is 3. The van der Waals surface area contributed by atoms with Crippen molar-refractivity contribution < 1.29 is 14.3 Å². The van der Waals surface area contributed by atoms with E-state index in [2.05, 4.69) is 4.98 Å². The molecule has 21 heavy (non-hydrogen) atoms. The maximum Gasteiger partial charge on any atom is 0.342 e. The number of pyridine rings is 1. The van der Waals surface area contributed by atoms with Gasteiger partial charge in [-0.05, 0) is 26.0 Å². The van der Waals surface area contributed by atoms with Gasteiger partial charge in [0, 0.05) is 12.2 Å². The van der Waals surface area contributed by atoms with Gasteiger partial charge in [-0.3, -0.25) is 9.36 Å². The van der Waals surface area contributed by atoms with Gasteiger partial charge in [-0.1, -0.05) is 0 Å². The molecule has 7 nitrogen and oxygen atoms in total. The molecule has 0 saturated heterocycles. The quantitative estimate of drug-likeness (QED) is 0.903. The smallest absolute Gasteiger partial charge is 0.342 e. The molecule has 110 valence electrons. The fourth-order valence-corrected chi connectivity index (χ4v) is 1.79. The van der Waals surface area contributed by atoms with E-state index < -0.39 is 28.6 Å². The van der Waals surface area contributed by atoms with E-state index in [9.17, 15) is 18.8 Å². The van der Waals surface area contributed by atoms with Gasteiger partial charge in [0.2, 0.25) is 0 Å². The molecule has 0 amide bonds. The molecule has 0 fully saturated rings. The van der Waals surface area contributed by atoms with Crippen LogP contribution in [-0.4, -0.2) is 25.2 Å². The van der Waals surface area contributed by atoms with Crippen LogP contribution < -0.4 is 11.2 Å². The van der Waals surface area contributed by atoms with Gasteiger partial charge < -0.3 is 5.11 Å². The standard InChI is InChI=1S/C13H12FN3O4/c1-7(2)16-6-9(12(19)20)11(18)17(13(16)21)10-4-3-8(14)5-15-10/h3-7H,1-2H3,(H,19,20). The average molecular weight is 293 g/mol. The van der Waals surface area contributed by atoms with E-state index in [0.717, 1.165) is 29.1 Å². The van der Waals surface area contributed by atoms with Crippen molar-refractivity contribution in [1.29, 1.82) is 0 Å². The van der Waals surface area contributed by atoms with Crippen LogP contribution >= 0.6 is 0 Å². The maximum atomic E-state index is 12.9. The molecular weight excluding hydrogens is 281 g/mol. The molecular formula is C13H12FN3O4. The predicted octanol–water partition coefficient (Wildman–Crippen LogP) is 0.812. The van der Waals surface area contributed by atoms with Crippen LogP contribution in [0, 0.1) is 5.82 Å². The van der Waals surface area contributed by atoms with Crippen LogP contribution in [0.4, 0.5) is 4.39 Å². The number of hydrogen-bond acceptors (Lipinski definition) is 4. The molecule has 8 heteroatoms. The minimum Gasteiger partial charge on any atom is -0.477 e. The number of halogens is 1. The summed E-state index contributed by atoms with van der Waals surface area (Å²) in [4.78, 5) is 39.2. The molecule has 2 aromatic rings. The number of rotatable bonds is 3. The lowest BCUT2D eigenvalue weighted by atomic mass is 10.3. The molecule has 0 bridgehead atoms. The minimum absolute atomic E-state index is 0.135. The largest absolute Gasteiger partial charge is 0.477 e. The SMILES string of the molecule is CC(C)n1cc(C(=O)O)c(=O)n(-c2ccc(F)cn2)c1=O. The average Bonchev–Trinajstić information content (AvgIpc) is 2.40. The van der Waals surface area contributed by atoms with Gasteiger partial charge >= 0.3 is 11.7 Å². The van der Waals surface area contributed by atoms with Crippen LogP contribution in [0.2, 0.25) is 0 Å². The van der Waals surface area contributed by atoms with Crippen molar-refractivity contribution in [2.75, 3.05) is 0 Å². The van der Waals surface area contributed by atoms with E-state index in [1.165, 1.54) is 0 Å². The van der Waals surface area contributed by atoms with Crippen molar-refractivity contribution in [2.24, 2.45) is 0 Å². The fraction of sp³-hybridized carbons (Fsp3) is 0.231. The highest BCUT2D eigenvalue weighted by molar-refractivity contribution is 5.86. The molecule has 0 aromatic carbocycles. The van der Waals surface area contributed by atoms with E-state index in [1.54, 1.807) is 13.8 Å². The molecule has 0 aliphatic carbocycles. The Morgan fingerprint density at radius 2 is 2.00 bits per heavy atom. The highest BCUT2D eigenvalue weighted by Gasteiger charge is 2.19. The van der Waals surface area contributed by atoms with Crippen molar-refractivity contribution in [3.8, 4) is 5.82 Å². The van der Waals surface area contributed by atoms with Crippen LogP contribution in [0.5, 0.6) is 0 Å². The second-order valence-electron chi connectivity index (χ2n) is 4.61. The number of aromatic nitrogens is 3. The summed E-state index contributed by atoms with van der Waals surface area (Å²) < 4.78 is 14.6. The number of carbonyl (C=O) groups is 1. The maximum absolute atomic E-state index is 12.9. The van der Waals surface area contributed by atoms with Crippen LogP contribution in [0.1, 0.15) is 30.2 Å². The van der Waals surface area contributed by atoms with Crippen molar-refractivity contribution in [3.63, 3.8) is 0 Å². The van der Waals surface area contributed by atoms with Gasteiger partial charge in [-0.15, -0.1) is 0 Å². The molecule has 0 radical (unpaired) electrons. The number of hydrogen-bond donors (Lipinski definition) is 1. The summed E-state index contributed by atoms with van der Waals surface area (Å²) >= 11 is 0. The third-order valence-corrected chi connectivity index (χ3v) is 2.84. The van der Waals surface area contributed by atoms with Crippen LogP contribution in [0.15, 0.2) is 34.1 Å². The normalized spacial score (nSPS) is 10.9. The lowest BCUT2D eigenvalue weighted by molar-refractivity contribution is 0.0693. The zero-order chi connectivity index (χ0) is 15.7. The minimum atomic E-state index is -1.45. The lowest BCUT2D eigenvalue weighted by Crippen LogP contribution is -2.42. The molecule has 0 spiro atoms. The fourth-order valence-electron chi connectivity index (χ4n) is 1.79. The first-order valence-corrected chi connectivity index (χ1v) is 6.06. The molecule has 1 N–H and O–H groups in total. The number of carboxylic acids is 1.